The molecule has 1 N–H and O–H groups in total. The van der Waals surface area contributed by atoms with Crippen molar-refractivity contribution in [3.8, 4) is 39.6 Å². The predicted molar refractivity (Wildman–Crippen MR) is 162 cm³/mol. The number of aryl methyl sites for hydroxylation is 1. The Bertz CT molecular complexity index is 2120. The molecule has 0 saturated carbocycles. The number of aromatic carboxylic acids is 1. The molecule has 8 heteroatoms. The van der Waals surface area contributed by atoms with E-state index in [1.54, 1.807) is 48.5 Å². The quantitative estimate of drug-likeness (QED) is 0.219. The van der Waals surface area contributed by atoms with Gasteiger partial charge in [0.25, 0.3) is 10.0 Å². The summed E-state index contributed by atoms with van der Waals surface area (Å²) in [6.07, 6.45) is 0. The fraction of sp³-hybridized carbons (Fsp3) is 0.0303. The summed E-state index contributed by atoms with van der Waals surface area (Å²) in [6, 6.07) is 32.1. The normalized spacial score (nSPS) is 11.4. The van der Waals surface area contributed by atoms with E-state index < -0.39 is 16.0 Å². The first kappa shape index (κ1) is 26.3. The number of thiophene rings is 1. The van der Waals surface area contributed by atoms with Crippen molar-refractivity contribution in [2.45, 2.75) is 11.8 Å². The molecule has 0 aliphatic rings. The van der Waals surface area contributed by atoms with Gasteiger partial charge in [0.2, 0.25) is 0 Å². The maximum absolute atomic E-state index is 14.4. The standard InChI is InChI=1S/C33H22N2O4S2/c1-21-12-14-26(15-13-21)41(38,39)35-29-11-3-2-10-27(29)31(28-16-17-40-30(28)20-34)32(35)24-8-4-6-22(18-24)23-7-5-9-25(19-23)33(36)37/h2-19H,1H3,(H,36,37). The Morgan fingerprint density at radius 3 is 2.27 bits per heavy atom. The van der Waals surface area contributed by atoms with Gasteiger partial charge in [-0.2, -0.15) is 5.26 Å². The number of rotatable bonds is 6. The molecule has 0 fully saturated rings. The zero-order valence-corrected chi connectivity index (χ0v) is 23.4. The van der Waals surface area contributed by atoms with Crippen LogP contribution in [-0.4, -0.2) is 23.5 Å². The third kappa shape index (κ3) is 4.51. The van der Waals surface area contributed by atoms with Crippen molar-refractivity contribution in [1.82, 2.24) is 3.97 Å². The Labute approximate surface area is 241 Å². The van der Waals surface area contributed by atoms with Crippen molar-refractivity contribution in [3.63, 3.8) is 0 Å². The number of aromatic nitrogens is 1. The lowest BCUT2D eigenvalue weighted by Crippen LogP contribution is -2.14. The number of nitrogens with zero attached hydrogens (tertiary/aromatic N) is 2. The van der Waals surface area contributed by atoms with Crippen LogP contribution in [0.15, 0.2) is 113 Å². The van der Waals surface area contributed by atoms with E-state index in [0.29, 0.717) is 43.7 Å². The van der Waals surface area contributed by atoms with Crippen molar-refractivity contribution in [3.05, 3.63) is 125 Å². The molecule has 2 aromatic heterocycles. The molecule has 0 aliphatic heterocycles. The molecule has 6 nitrogen and oxygen atoms in total. The molecule has 0 bridgehead atoms. The number of hydrogen-bond acceptors (Lipinski definition) is 5. The van der Waals surface area contributed by atoms with Gasteiger partial charge in [-0.05, 0) is 65.9 Å². The summed E-state index contributed by atoms with van der Waals surface area (Å²) in [5, 5.41) is 22.0. The predicted octanol–water partition coefficient (Wildman–Crippen LogP) is 7.82. The molecule has 2 heterocycles. The molecule has 0 amide bonds. The first-order valence-corrected chi connectivity index (χ1v) is 15.0. The number of carboxylic acids is 1. The van der Waals surface area contributed by atoms with Gasteiger partial charge >= 0.3 is 5.97 Å². The maximum atomic E-state index is 14.4. The molecule has 0 radical (unpaired) electrons. The number of para-hydroxylation sites is 1. The smallest absolute Gasteiger partial charge is 0.335 e. The monoisotopic (exact) mass is 574 g/mol. The minimum Gasteiger partial charge on any atom is -0.478 e. The summed E-state index contributed by atoms with van der Waals surface area (Å²) in [5.41, 5.74) is 5.34. The van der Waals surface area contributed by atoms with Crippen LogP contribution in [-0.2, 0) is 10.0 Å². The van der Waals surface area contributed by atoms with Crippen LogP contribution in [0.25, 0.3) is 44.4 Å². The Morgan fingerprint density at radius 2 is 1.54 bits per heavy atom. The number of carboxylic acid groups (broad SMARTS) is 1. The van der Waals surface area contributed by atoms with Crippen LogP contribution in [0, 0.1) is 18.3 Å². The Kier molecular flexibility index (Phi) is 6.54. The molecule has 0 saturated heterocycles. The average Bonchev–Trinajstić information content (AvgIpc) is 3.60. The highest BCUT2D eigenvalue weighted by Crippen LogP contribution is 2.45. The summed E-state index contributed by atoms with van der Waals surface area (Å²) in [4.78, 5) is 12.2. The number of nitriles is 1. The number of carbonyl (C=O) groups is 1. The highest BCUT2D eigenvalue weighted by Gasteiger charge is 2.30. The van der Waals surface area contributed by atoms with Crippen LogP contribution in [0.5, 0.6) is 0 Å². The van der Waals surface area contributed by atoms with Crippen LogP contribution in [0.2, 0.25) is 0 Å². The van der Waals surface area contributed by atoms with Crippen LogP contribution < -0.4 is 0 Å². The zero-order valence-electron chi connectivity index (χ0n) is 21.8. The van der Waals surface area contributed by atoms with Crippen molar-refractivity contribution in [2.24, 2.45) is 0 Å². The fourth-order valence-corrected chi connectivity index (χ4v) is 7.32. The Balaban J connectivity index is 1.71. The molecule has 4 aromatic carbocycles. The second-order valence-corrected chi connectivity index (χ2v) is 12.3. The van der Waals surface area contributed by atoms with E-state index in [2.05, 4.69) is 6.07 Å². The van der Waals surface area contributed by atoms with E-state index in [1.807, 2.05) is 60.8 Å². The van der Waals surface area contributed by atoms with Crippen LogP contribution in [0.3, 0.4) is 0 Å². The van der Waals surface area contributed by atoms with Crippen molar-refractivity contribution in [1.29, 1.82) is 5.26 Å². The highest BCUT2D eigenvalue weighted by molar-refractivity contribution is 7.90. The highest BCUT2D eigenvalue weighted by atomic mass is 32.2. The second kappa shape index (κ2) is 10.2. The van der Waals surface area contributed by atoms with Gasteiger partial charge in [0.1, 0.15) is 10.9 Å². The molecule has 0 atom stereocenters. The lowest BCUT2D eigenvalue weighted by Gasteiger charge is -2.15. The average molecular weight is 575 g/mol. The first-order valence-electron chi connectivity index (χ1n) is 12.7. The first-order chi connectivity index (χ1) is 19.8. The molecular formula is C33H22N2O4S2. The van der Waals surface area contributed by atoms with Gasteiger partial charge in [-0.3, -0.25) is 0 Å². The third-order valence-electron chi connectivity index (χ3n) is 7.01. The number of fused-ring (bicyclic) bond motifs is 1. The van der Waals surface area contributed by atoms with Gasteiger partial charge < -0.3 is 5.11 Å². The van der Waals surface area contributed by atoms with Gasteiger partial charge in [-0.1, -0.05) is 66.2 Å². The summed E-state index contributed by atoms with van der Waals surface area (Å²) in [7, 11) is -4.09. The van der Waals surface area contributed by atoms with Gasteiger partial charge in [0.15, 0.2) is 0 Å². The molecule has 0 spiro atoms. The Morgan fingerprint density at radius 1 is 0.854 bits per heavy atom. The van der Waals surface area contributed by atoms with E-state index in [0.717, 1.165) is 11.1 Å². The van der Waals surface area contributed by atoms with Crippen molar-refractivity contribution < 1.29 is 18.3 Å². The van der Waals surface area contributed by atoms with Crippen molar-refractivity contribution >= 4 is 38.2 Å². The van der Waals surface area contributed by atoms with Crippen LogP contribution >= 0.6 is 11.3 Å². The van der Waals surface area contributed by atoms with Gasteiger partial charge in [-0.15, -0.1) is 11.3 Å². The van der Waals surface area contributed by atoms with Crippen LogP contribution in [0.1, 0.15) is 20.8 Å². The van der Waals surface area contributed by atoms with Gasteiger partial charge in [-0.25, -0.2) is 17.2 Å². The Hall–Kier alpha value is -4.97. The lowest BCUT2D eigenvalue weighted by molar-refractivity contribution is 0.0697. The molecule has 41 heavy (non-hydrogen) atoms. The summed E-state index contributed by atoms with van der Waals surface area (Å²) in [6.45, 7) is 1.90. The van der Waals surface area contributed by atoms with E-state index in [9.17, 15) is 23.6 Å². The molecule has 0 unspecified atom stereocenters. The largest absolute Gasteiger partial charge is 0.478 e. The number of benzene rings is 4. The van der Waals surface area contributed by atoms with E-state index in [4.69, 9.17) is 0 Å². The third-order valence-corrected chi connectivity index (χ3v) is 9.55. The van der Waals surface area contributed by atoms with Crippen molar-refractivity contribution in [2.75, 3.05) is 0 Å². The SMILES string of the molecule is Cc1ccc(S(=O)(=O)n2c(-c3cccc(-c4cccc(C(=O)O)c4)c3)c(-c3ccsc3C#N)c3ccccc32)cc1. The number of hydrogen-bond donors (Lipinski definition) is 1. The maximum Gasteiger partial charge on any atom is 0.335 e. The fourth-order valence-electron chi connectivity index (χ4n) is 5.08. The van der Waals surface area contributed by atoms with E-state index in [-0.39, 0.29) is 10.5 Å². The molecule has 200 valence electrons. The minimum atomic E-state index is -4.09. The zero-order chi connectivity index (χ0) is 28.7. The molecule has 0 aliphatic carbocycles. The van der Waals surface area contributed by atoms with Crippen LogP contribution in [0.4, 0.5) is 0 Å². The topological polar surface area (TPSA) is 100 Å². The van der Waals surface area contributed by atoms with Gasteiger partial charge in [0, 0.05) is 22.1 Å². The van der Waals surface area contributed by atoms with E-state index in [1.165, 1.54) is 21.4 Å². The summed E-state index contributed by atoms with van der Waals surface area (Å²) < 4.78 is 30.2. The summed E-state index contributed by atoms with van der Waals surface area (Å²) >= 11 is 1.30. The van der Waals surface area contributed by atoms with Gasteiger partial charge in [0.05, 0.1) is 21.7 Å². The summed E-state index contributed by atoms with van der Waals surface area (Å²) in [5.74, 6) is -1.03. The molecule has 6 rings (SSSR count). The second-order valence-electron chi connectivity index (χ2n) is 9.57. The lowest BCUT2D eigenvalue weighted by atomic mass is 9.96. The molecule has 6 aromatic rings. The van der Waals surface area contributed by atoms with E-state index >= 15 is 0 Å². The molecular weight excluding hydrogens is 553 g/mol. The minimum absolute atomic E-state index is 0.146.